The van der Waals surface area contributed by atoms with E-state index in [1.54, 1.807) is 0 Å². The lowest BCUT2D eigenvalue weighted by Gasteiger charge is -2.34. The van der Waals surface area contributed by atoms with E-state index in [0.29, 0.717) is 6.54 Å². The van der Waals surface area contributed by atoms with Gasteiger partial charge in [-0.3, -0.25) is 4.79 Å². The molecule has 0 aromatic carbocycles. The lowest BCUT2D eigenvalue weighted by atomic mass is 10.2. The standard InChI is InChI=1S/C12H23N3O5S/c1-14(2)5-3-4-13-12(18)15-6-7-21(19,20)9-10(15)8-11(16)17/h10H,3-9H2,1-2H3,(H,13,18)(H,16,17). The molecule has 1 saturated heterocycles. The van der Waals surface area contributed by atoms with Crippen molar-refractivity contribution in [1.82, 2.24) is 15.1 Å². The SMILES string of the molecule is CN(C)CCCNC(=O)N1CCS(=O)(=O)CC1CC(=O)O. The smallest absolute Gasteiger partial charge is 0.317 e. The minimum Gasteiger partial charge on any atom is -0.481 e. The summed E-state index contributed by atoms with van der Waals surface area (Å²) >= 11 is 0. The molecule has 1 atom stereocenters. The first-order valence-electron chi connectivity index (χ1n) is 6.82. The topological polar surface area (TPSA) is 107 Å². The van der Waals surface area contributed by atoms with Crippen LogP contribution < -0.4 is 5.32 Å². The number of hydrogen-bond acceptors (Lipinski definition) is 5. The molecule has 0 aromatic rings. The fraction of sp³-hybridized carbons (Fsp3) is 0.833. The molecule has 2 N–H and O–H groups in total. The molecule has 0 spiro atoms. The Morgan fingerprint density at radius 2 is 2.05 bits per heavy atom. The first-order valence-corrected chi connectivity index (χ1v) is 8.65. The molecule has 1 aliphatic rings. The molecule has 1 heterocycles. The second-order valence-corrected chi connectivity index (χ2v) is 7.68. The first kappa shape index (κ1) is 17.7. The number of aliphatic carboxylic acids is 1. The zero-order valence-corrected chi connectivity index (χ0v) is 13.2. The van der Waals surface area contributed by atoms with E-state index >= 15 is 0 Å². The normalized spacial score (nSPS) is 21.3. The van der Waals surface area contributed by atoms with E-state index in [0.717, 1.165) is 13.0 Å². The van der Waals surface area contributed by atoms with Gasteiger partial charge in [-0.2, -0.15) is 0 Å². The van der Waals surface area contributed by atoms with Crippen LogP contribution in [-0.4, -0.2) is 86.6 Å². The van der Waals surface area contributed by atoms with Crippen LogP contribution in [0.5, 0.6) is 0 Å². The van der Waals surface area contributed by atoms with Gasteiger partial charge in [-0.25, -0.2) is 13.2 Å². The fourth-order valence-electron chi connectivity index (χ4n) is 2.22. The van der Waals surface area contributed by atoms with Crippen molar-refractivity contribution in [2.45, 2.75) is 18.9 Å². The van der Waals surface area contributed by atoms with E-state index in [4.69, 9.17) is 5.11 Å². The zero-order valence-electron chi connectivity index (χ0n) is 12.4. The second-order valence-electron chi connectivity index (χ2n) is 5.45. The second kappa shape index (κ2) is 7.60. The maximum Gasteiger partial charge on any atom is 0.317 e. The molecule has 1 fully saturated rings. The number of urea groups is 1. The Bertz CT molecular complexity index is 477. The maximum atomic E-state index is 12.1. The van der Waals surface area contributed by atoms with Crippen molar-refractivity contribution < 1.29 is 23.1 Å². The summed E-state index contributed by atoms with van der Waals surface area (Å²) in [5, 5.41) is 11.6. The van der Waals surface area contributed by atoms with Gasteiger partial charge in [-0.15, -0.1) is 0 Å². The molecule has 1 unspecified atom stereocenters. The summed E-state index contributed by atoms with van der Waals surface area (Å²) in [6.45, 7) is 1.34. The number of amides is 2. The van der Waals surface area contributed by atoms with Crippen LogP contribution in [0.15, 0.2) is 0 Å². The molecule has 2 amide bonds. The van der Waals surface area contributed by atoms with Gasteiger partial charge in [-0.1, -0.05) is 0 Å². The van der Waals surface area contributed by atoms with E-state index in [-0.39, 0.29) is 24.5 Å². The Labute approximate surface area is 125 Å². The molecule has 0 radical (unpaired) electrons. The first-order chi connectivity index (χ1) is 9.71. The van der Waals surface area contributed by atoms with Crippen molar-refractivity contribution >= 4 is 21.8 Å². The molecule has 122 valence electrons. The lowest BCUT2D eigenvalue weighted by molar-refractivity contribution is -0.138. The third-order valence-electron chi connectivity index (χ3n) is 3.26. The highest BCUT2D eigenvalue weighted by Gasteiger charge is 2.35. The Balaban J connectivity index is 2.56. The fourth-order valence-corrected chi connectivity index (χ4v) is 3.74. The highest BCUT2D eigenvalue weighted by molar-refractivity contribution is 7.91. The van der Waals surface area contributed by atoms with Gasteiger partial charge in [0, 0.05) is 13.1 Å². The highest BCUT2D eigenvalue weighted by Crippen LogP contribution is 2.15. The zero-order chi connectivity index (χ0) is 16.0. The summed E-state index contributed by atoms with van der Waals surface area (Å²) in [5.41, 5.74) is 0. The Morgan fingerprint density at radius 3 is 2.62 bits per heavy atom. The molecule has 0 bridgehead atoms. The van der Waals surface area contributed by atoms with E-state index in [2.05, 4.69) is 5.32 Å². The predicted molar refractivity (Wildman–Crippen MR) is 78.0 cm³/mol. The molecule has 9 heteroatoms. The number of sulfone groups is 1. The molecular weight excluding hydrogens is 298 g/mol. The summed E-state index contributed by atoms with van der Waals surface area (Å²) in [6.07, 6.45) is 0.415. The molecule has 21 heavy (non-hydrogen) atoms. The van der Waals surface area contributed by atoms with Crippen LogP contribution in [0.4, 0.5) is 4.79 Å². The van der Waals surface area contributed by atoms with Crippen LogP contribution >= 0.6 is 0 Å². The number of hydrogen-bond donors (Lipinski definition) is 2. The number of carbonyl (C=O) groups is 2. The number of carbonyl (C=O) groups excluding carboxylic acids is 1. The van der Waals surface area contributed by atoms with Gasteiger partial charge in [0.15, 0.2) is 9.84 Å². The summed E-state index contributed by atoms with van der Waals surface area (Å²) in [4.78, 5) is 26.2. The van der Waals surface area contributed by atoms with Crippen molar-refractivity contribution in [2.75, 3.05) is 45.2 Å². The van der Waals surface area contributed by atoms with Crippen LogP contribution in [0, 0.1) is 0 Å². The number of carboxylic acids is 1. The van der Waals surface area contributed by atoms with Gasteiger partial charge < -0.3 is 20.2 Å². The lowest BCUT2D eigenvalue weighted by Crippen LogP contribution is -2.55. The minimum atomic E-state index is -3.27. The maximum absolute atomic E-state index is 12.1. The van der Waals surface area contributed by atoms with Crippen molar-refractivity contribution in [2.24, 2.45) is 0 Å². The summed E-state index contributed by atoms with van der Waals surface area (Å²) in [7, 11) is 0.589. The molecule has 0 saturated carbocycles. The van der Waals surface area contributed by atoms with E-state index in [1.165, 1.54) is 4.90 Å². The van der Waals surface area contributed by atoms with Crippen molar-refractivity contribution in [1.29, 1.82) is 0 Å². The molecule has 0 aromatic heterocycles. The van der Waals surface area contributed by atoms with Crippen molar-refractivity contribution in [3.63, 3.8) is 0 Å². The van der Waals surface area contributed by atoms with Crippen LogP contribution in [0.3, 0.4) is 0 Å². The monoisotopic (exact) mass is 321 g/mol. The van der Waals surface area contributed by atoms with Crippen LogP contribution in [0.2, 0.25) is 0 Å². The van der Waals surface area contributed by atoms with Gasteiger partial charge in [0.1, 0.15) is 0 Å². The van der Waals surface area contributed by atoms with Crippen LogP contribution in [0.1, 0.15) is 12.8 Å². The number of carboxylic acid groups (broad SMARTS) is 1. The number of nitrogens with one attached hydrogen (secondary N) is 1. The van der Waals surface area contributed by atoms with Gasteiger partial charge in [0.2, 0.25) is 0 Å². The van der Waals surface area contributed by atoms with Crippen LogP contribution in [-0.2, 0) is 14.6 Å². The Kier molecular flexibility index (Phi) is 6.41. The van der Waals surface area contributed by atoms with E-state index in [1.807, 2.05) is 19.0 Å². The van der Waals surface area contributed by atoms with Crippen molar-refractivity contribution in [3.8, 4) is 0 Å². The Morgan fingerprint density at radius 1 is 1.38 bits per heavy atom. The average molecular weight is 321 g/mol. The highest BCUT2D eigenvalue weighted by atomic mass is 32.2. The third-order valence-corrected chi connectivity index (χ3v) is 4.96. The molecule has 8 nitrogen and oxygen atoms in total. The molecule has 1 rings (SSSR count). The van der Waals surface area contributed by atoms with Crippen molar-refractivity contribution in [3.05, 3.63) is 0 Å². The van der Waals surface area contributed by atoms with Gasteiger partial charge in [0.05, 0.1) is 24.0 Å². The van der Waals surface area contributed by atoms with Gasteiger partial charge in [-0.05, 0) is 27.1 Å². The predicted octanol–water partition coefficient (Wildman–Crippen LogP) is -0.779. The van der Waals surface area contributed by atoms with Gasteiger partial charge in [0.25, 0.3) is 0 Å². The van der Waals surface area contributed by atoms with E-state index < -0.39 is 27.9 Å². The molecule has 0 aliphatic carbocycles. The minimum absolute atomic E-state index is 0.0415. The molecule has 1 aliphatic heterocycles. The van der Waals surface area contributed by atoms with E-state index in [9.17, 15) is 18.0 Å². The van der Waals surface area contributed by atoms with Gasteiger partial charge >= 0.3 is 12.0 Å². The summed E-state index contributed by atoms with van der Waals surface area (Å²) in [5.74, 6) is -1.51. The van der Waals surface area contributed by atoms with Crippen LogP contribution in [0.25, 0.3) is 0 Å². The number of nitrogens with zero attached hydrogens (tertiary/aromatic N) is 2. The third kappa shape index (κ3) is 6.30. The number of rotatable bonds is 6. The summed E-state index contributed by atoms with van der Waals surface area (Å²) in [6, 6.07) is -1.19. The Hall–Kier alpha value is -1.35. The molecular formula is C12H23N3O5S. The summed E-state index contributed by atoms with van der Waals surface area (Å²) < 4.78 is 23.2. The largest absolute Gasteiger partial charge is 0.481 e. The quantitative estimate of drug-likeness (QED) is 0.622. The average Bonchev–Trinajstić information content (AvgIpc) is 2.32.